The van der Waals surface area contributed by atoms with Crippen LogP contribution in [0.25, 0.3) is 10.9 Å². The molecular weight excluding hydrogens is 216 g/mol. The van der Waals surface area contributed by atoms with Gasteiger partial charge < -0.3 is 10.7 Å². The van der Waals surface area contributed by atoms with Crippen LogP contribution in [0.15, 0.2) is 24.4 Å². The van der Waals surface area contributed by atoms with Gasteiger partial charge in [0.25, 0.3) is 11.7 Å². The minimum atomic E-state index is -0.967. The number of primary amides is 1. The second-order valence-electron chi connectivity index (χ2n) is 3.09. The van der Waals surface area contributed by atoms with Crippen LogP contribution in [0, 0.1) is 0 Å². The number of fused-ring (bicyclic) bond motifs is 1. The number of hydrogen-bond acceptors (Lipinski definition) is 2. The molecule has 0 aliphatic heterocycles. The molecule has 0 bridgehead atoms. The van der Waals surface area contributed by atoms with Gasteiger partial charge in [-0.15, -0.1) is 0 Å². The lowest BCUT2D eigenvalue weighted by Crippen LogP contribution is -2.22. The molecule has 3 N–H and O–H groups in total. The maximum Gasteiger partial charge on any atom is 0.289 e. The summed E-state index contributed by atoms with van der Waals surface area (Å²) in [7, 11) is 0. The average Bonchev–Trinajstić information content (AvgIpc) is 2.59. The van der Waals surface area contributed by atoms with Gasteiger partial charge in [0.05, 0.1) is 5.56 Å². The SMILES string of the molecule is NC(=O)C(=O)c1c[nH]c2cc(Cl)ccc12. The molecule has 1 aromatic heterocycles. The molecule has 1 heterocycles. The first kappa shape index (κ1) is 9.73. The van der Waals surface area contributed by atoms with Crippen molar-refractivity contribution in [2.45, 2.75) is 0 Å². The number of benzene rings is 1. The molecule has 2 aromatic rings. The van der Waals surface area contributed by atoms with Gasteiger partial charge >= 0.3 is 0 Å². The van der Waals surface area contributed by atoms with E-state index in [1.165, 1.54) is 6.20 Å². The molecular formula is C10H7ClN2O2. The van der Waals surface area contributed by atoms with Crippen molar-refractivity contribution in [3.63, 3.8) is 0 Å². The molecule has 76 valence electrons. The first-order valence-corrected chi connectivity index (χ1v) is 4.58. The molecule has 0 atom stereocenters. The third-order valence-electron chi connectivity index (χ3n) is 2.11. The molecule has 0 radical (unpaired) electrons. The van der Waals surface area contributed by atoms with Crippen molar-refractivity contribution in [2.24, 2.45) is 5.73 Å². The molecule has 4 nitrogen and oxygen atoms in total. The van der Waals surface area contributed by atoms with Gasteiger partial charge in [-0.3, -0.25) is 9.59 Å². The molecule has 0 unspecified atom stereocenters. The molecule has 2 rings (SSSR count). The van der Waals surface area contributed by atoms with Crippen LogP contribution in [0.1, 0.15) is 10.4 Å². The van der Waals surface area contributed by atoms with Gasteiger partial charge in [0.1, 0.15) is 0 Å². The van der Waals surface area contributed by atoms with Gasteiger partial charge in [0.15, 0.2) is 0 Å². The highest BCUT2D eigenvalue weighted by Crippen LogP contribution is 2.22. The van der Waals surface area contributed by atoms with E-state index in [9.17, 15) is 9.59 Å². The monoisotopic (exact) mass is 222 g/mol. The number of amides is 1. The Morgan fingerprint density at radius 3 is 2.73 bits per heavy atom. The quantitative estimate of drug-likeness (QED) is 0.597. The number of halogens is 1. The van der Waals surface area contributed by atoms with E-state index in [0.717, 1.165) is 0 Å². The Morgan fingerprint density at radius 1 is 1.33 bits per heavy atom. The Kier molecular flexibility index (Phi) is 2.21. The van der Waals surface area contributed by atoms with E-state index >= 15 is 0 Å². The number of ketones is 1. The molecule has 5 heteroatoms. The lowest BCUT2D eigenvalue weighted by molar-refractivity contribution is -0.114. The van der Waals surface area contributed by atoms with E-state index in [2.05, 4.69) is 4.98 Å². The topological polar surface area (TPSA) is 76.0 Å². The molecule has 15 heavy (non-hydrogen) atoms. The summed E-state index contributed by atoms with van der Waals surface area (Å²) in [6.45, 7) is 0. The van der Waals surface area contributed by atoms with Crippen LogP contribution in [-0.2, 0) is 4.79 Å². The van der Waals surface area contributed by atoms with Crippen molar-refractivity contribution < 1.29 is 9.59 Å². The summed E-state index contributed by atoms with van der Waals surface area (Å²) in [4.78, 5) is 25.0. The molecule has 0 spiro atoms. The Bertz CT molecular complexity index is 560. The van der Waals surface area contributed by atoms with Crippen molar-refractivity contribution in [1.82, 2.24) is 4.98 Å². The Labute approximate surface area is 90.0 Å². The summed E-state index contributed by atoms with van der Waals surface area (Å²) in [5, 5.41) is 1.20. The molecule has 0 saturated carbocycles. The maximum absolute atomic E-state index is 11.4. The van der Waals surface area contributed by atoms with Crippen LogP contribution in [0.4, 0.5) is 0 Å². The number of hydrogen-bond donors (Lipinski definition) is 2. The zero-order valence-electron chi connectivity index (χ0n) is 7.58. The van der Waals surface area contributed by atoms with Crippen molar-refractivity contribution in [3.05, 3.63) is 35.0 Å². The van der Waals surface area contributed by atoms with Crippen molar-refractivity contribution >= 4 is 34.2 Å². The number of Topliss-reactive ketones (excluding diaryl/α,β-unsaturated/α-hetero) is 1. The fourth-order valence-corrected chi connectivity index (χ4v) is 1.59. The molecule has 0 saturated heterocycles. The standard InChI is InChI=1S/C10H7ClN2O2/c11-5-1-2-6-7(9(14)10(12)15)4-13-8(6)3-5/h1-4,13H,(H2,12,15). The highest BCUT2D eigenvalue weighted by atomic mass is 35.5. The largest absolute Gasteiger partial charge is 0.363 e. The third kappa shape index (κ3) is 1.59. The summed E-state index contributed by atoms with van der Waals surface area (Å²) < 4.78 is 0. The zero-order valence-corrected chi connectivity index (χ0v) is 8.34. The predicted molar refractivity (Wildman–Crippen MR) is 56.8 cm³/mol. The van der Waals surface area contributed by atoms with Crippen LogP contribution in [0.2, 0.25) is 5.02 Å². The fourth-order valence-electron chi connectivity index (χ4n) is 1.42. The molecule has 0 aliphatic rings. The molecule has 0 aliphatic carbocycles. The predicted octanol–water partition coefficient (Wildman–Crippen LogP) is 1.49. The number of rotatable bonds is 2. The number of aromatic amines is 1. The molecule has 1 amide bonds. The summed E-state index contributed by atoms with van der Waals surface area (Å²) in [5.41, 5.74) is 5.89. The lowest BCUT2D eigenvalue weighted by Gasteiger charge is -1.94. The number of nitrogens with two attached hydrogens (primary N) is 1. The minimum Gasteiger partial charge on any atom is -0.363 e. The maximum atomic E-state index is 11.4. The highest BCUT2D eigenvalue weighted by Gasteiger charge is 2.16. The summed E-state index contributed by atoms with van der Waals surface area (Å²) in [5.74, 6) is -1.67. The Morgan fingerprint density at radius 2 is 2.07 bits per heavy atom. The zero-order chi connectivity index (χ0) is 11.0. The van der Waals surface area contributed by atoms with Crippen LogP contribution < -0.4 is 5.73 Å². The van der Waals surface area contributed by atoms with Gasteiger partial charge in [0, 0.05) is 22.1 Å². The number of nitrogens with one attached hydrogen (secondary N) is 1. The second kappa shape index (κ2) is 3.40. The van der Waals surface area contributed by atoms with Crippen molar-refractivity contribution in [2.75, 3.05) is 0 Å². The number of carbonyl (C=O) groups excluding carboxylic acids is 2. The van der Waals surface area contributed by atoms with Crippen LogP contribution in [-0.4, -0.2) is 16.7 Å². The first-order chi connectivity index (χ1) is 7.09. The fraction of sp³-hybridized carbons (Fsp3) is 0. The smallest absolute Gasteiger partial charge is 0.289 e. The molecule has 0 fully saturated rings. The van der Waals surface area contributed by atoms with E-state index in [4.69, 9.17) is 17.3 Å². The van der Waals surface area contributed by atoms with Crippen LogP contribution >= 0.6 is 11.6 Å². The first-order valence-electron chi connectivity index (χ1n) is 4.20. The van der Waals surface area contributed by atoms with Gasteiger partial charge in [-0.1, -0.05) is 17.7 Å². The average molecular weight is 223 g/mol. The van der Waals surface area contributed by atoms with E-state index in [1.807, 2.05) is 0 Å². The van der Waals surface area contributed by atoms with Gasteiger partial charge in [-0.05, 0) is 12.1 Å². The van der Waals surface area contributed by atoms with Gasteiger partial charge in [0.2, 0.25) is 0 Å². The highest BCUT2D eigenvalue weighted by molar-refractivity contribution is 6.44. The number of aromatic nitrogens is 1. The Balaban J connectivity index is 2.64. The van der Waals surface area contributed by atoms with Gasteiger partial charge in [-0.25, -0.2) is 0 Å². The van der Waals surface area contributed by atoms with E-state index in [-0.39, 0.29) is 5.56 Å². The van der Waals surface area contributed by atoms with Crippen LogP contribution in [0.5, 0.6) is 0 Å². The van der Waals surface area contributed by atoms with E-state index in [0.29, 0.717) is 15.9 Å². The van der Waals surface area contributed by atoms with Crippen molar-refractivity contribution in [1.29, 1.82) is 0 Å². The van der Waals surface area contributed by atoms with Gasteiger partial charge in [-0.2, -0.15) is 0 Å². The Hall–Kier alpha value is -1.81. The lowest BCUT2D eigenvalue weighted by atomic mass is 10.1. The summed E-state index contributed by atoms with van der Waals surface area (Å²) in [6, 6.07) is 4.99. The molecule has 1 aromatic carbocycles. The van der Waals surface area contributed by atoms with E-state index in [1.54, 1.807) is 18.2 Å². The summed E-state index contributed by atoms with van der Waals surface area (Å²) >= 11 is 5.77. The summed E-state index contributed by atoms with van der Waals surface area (Å²) in [6.07, 6.45) is 1.45. The third-order valence-corrected chi connectivity index (χ3v) is 2.35. The van der Waals surface area contributed by atoms with E-state index < -0.39 is 11.7 Å². The van der Waals surface area contributed by atoms with Crippen molar-refractivity contribution in [3.8, 4) is 0 Å². The normalized spacial score (nSPS) is 10.5. The number of carbonyl (C=O) groups is 2. The van der Waals surface area contributed by atoms with Crippen LogP contribution in [0.3, 0.4) is 0 Å². The number of H-pyrrole nitrogens is 1. The second-order valence-corrected chi connectivity index (χ2v) is 3.52. The minimum absolute atomic E-state index is 0.272.